The fourth-order valence-corrected chi connectivity index (χ4v) is 6.96. The number of benzene rings is 4. The van der Waals surface area contributed by atoms with Gasteiger partial charge in [0.25, 0.3) is 0 Å². The highest BCUT2D eigenvalue weighted by molar-refractivity contribution is 7.88. The van der Waals surface area contributed by atoms with E-state index in [9.17, 15) is 79.3 Å². The molecule has 2 aliphatic rings. The smallest absolute Gasteiger partial charge is 0.383 e. The van der Waals surface area contributed by atoms with Gasteiger partial charge in [-0.2, -0.15) is 60.7 Å². The van der Waals surface area contributed by atoms with Crippen molar-refractivity contribution in [3.63, 3.8) is 0 Å². The van der Waals surface area contributed by atoms with E-state index in [2.05, 4.69) is 4.18 Å². The van der Waals surface area contributed by atoms with Crippen molar-refractivity contribution in [3.05, 3.63) is 132 Å². The molecule has 4 aromatic carbocycles. The summed E-state index contributed by atoms with van der Waals surface area (Å²) in [7, 11) is -12.7. The van der Waals surface area contributed by atoms with E-state index in [-0.39, 0.29) is 43.4 Å². The molecule has 2 amide bonds. The molecule has 0 radical (unpaired) electrons. The van der Waals surface area contributed by atoms with Gasteiger partial charge in [0.2, 0.25) is 0 Å². The number of amides is 2. The van der Waals surface area contributed by atoms with Crippen LogP contribution in [0.4, 0.5) is 59.2 Å². The molecule has 6 rings (SSSR count). The van der Waals surface area contributed by atoms with Gasteiger partial charge in [-0.1, -0.05) is 101 Å². The van der Waals surface area contributed by atoms with E-state index < -0.39 is 91.6 Å². The Morgan fingerprint density at radius 2 is 0.881 bits per heavy atom. The van der Waals surface area contributed by atoms with E-state index in [1.165, 1.54) is 78.9 Å². The lowest BCUT2D eigenvalue weighted by molar-refractivity contribution is -0.251. The second-order valence-corrected chi connectivity index (χ2v) is 16.8. The van der Waals surface area contributed by atoms with Crippen LogP contribution in [0.2, 0.25) is 0 Å². The van der Waals surface area contributed by atoms with Gasteiger partial charge in [0.1, 0.15) is 0 Å². The quantitative estimate of drug-likeness (QED) is 0.0641. The first-order chi connectivity index (χ1) is 31.1. The Hall–Kier alpha value is -5.29. The number of aliphatic hydroxyl groups excluding tert-OH is 1. The third kappa shape index (κ3) is 14.1. The summed E-state index contributed by atoms with van der Waals surface area (Å²) in [6, 6.07) is 29.1. The number of carbonyl (C=O) groups is 2. The molecular formula is C40H37F11N2O12S2. The molecule has 2 unspecified atom stereocenters. The molecule has 2 atom stereocenters. The lowest BCUT2D eigenvalue weighted by Gasteiger charge is -2.32. The normalized spacial score (nSPS) is 17.1. The SMILES string of the molecule is O=C(Nc1ccccc1)C(F)(F)S(=O)(=O)F.O=C(Nc1ccccc1)C(F)(F)S(=O)(=O)OC(CC1(c2ccccc2)OCCO1)C(F)(F)F.OC(CC1(c2ccccc2)OCCO1)C(F)(F)F. The number of alkyl halides is 10. The Bertz CT molecular complexity index is 2450. The molecule has 4 aromatic rings. The largest absolute Gasteiger partial charge is 0.451 e. The third-order valence-electron chi connectivity index (χ3n) is 9.05. The van der Waals surface area contributed by atoms with Gasteiger partial charge in [-0.15, -0.1) is 0 Å². The van der Waals surface area contributed by atoms with Gasteiger partial charge in [0, 0.05) is 35.3 Å². The Morgan fingerprint density at radius 3 is 1.21 bits per heavy atom. The number of ether oxygens (including phenoxy) is 4. The summed E-state index contributed by atoms with van der Waals surface area (Å²) in [5, 5.41) is 1.97. The summed E-state index contributed by atoms with van der Waals surface area (Å²) in [4.78, 5) is 22.7. The minimum absolute atomic E-state index is 0.0594. The van der Waals surface area contributed by atoms with Crippen LogP contribution in [0.15, 0.2) is 121 Å². The van der Waals surface area contributed by atoms with E-state index in [4.69, 9.17) is 18.9 Å². The minimum Gasteiger partial charge on any atom is -0.383 e. The topological polar surface area (TPSA) is 193 Å². The van der Waals surface area contributed by atoms with E-state index in [0.29, 0.717) is 5.56 Å². The molecule has 0 spiro atoms. The molecule has 14 nitrogen and oxygen atoms in total. The van der Waals surface area contributed by atoms with E-state index in [1.807, 2.05) is 0 Å². The van der Waals surface area contributed by atoms with Gasteiger partial charge < -0.3 is 34.7 Å². The van der Waals surface area contributed by atoms with Gasteiger partial charge in [-0.05, 0) is 24.3 Å². The van der Waals surface area contributed by atoms with Crippen molar-refractivity contribution in [3.8, 4) is 0 Å². The number of nitrogens with one attached hydrogen (secondary N) is 2. The zero-order chi connectivity index (χ0) is 50.0. The molecule has 0 saturated carbocycles. The van der Waals surface area contributed by atoms with Crippen LogP contribution in [0.1, 0.15) is 24.0 Å². The Labute approximate surface area is 374 Å². The fourth-order valence-electron chi connectivity index (χ4n) is 5.81. The number of aliphatic hydroxyl groups is 1. The zero-order valence-electron chi connectivity index (χ0n) is 33.9. The van der Waals surface area contributed by atoms with Crippen molar-refractivity contribution in [2.24, 2.45) is 0 Å². The second-order valence-electron chi connectivity index (χ2n) is 13.8. The fraction of sp³-hybridized carbons (Fsp3) is 0.350. The van der Waals surface area contributed by atoms with Crippen LogP contribution in [0.25, 0.3) is 0 Å². The maximum absolute atomic E-state index is 14.4. The molecule has 27 heteroatoms. The van der Waals surface area contributed by atoms with Crippen molar-refractivity contribution in [1.29, 1.82) is 0 Å². The van der Waals surface area contributed by atoms with Crippen LogP contribution >= 0.6 is 0 Å². The molecule has 2 heterocycles. The Morgan fingerprint density at radius 1 is 0.552 bits per heavy atom. The molecule has 0 aliphatic carbocycles. The summed E-state index contributed by atoms with van der Waals surface area (Å²) in [6.45, 7) is 0.169. The van der Waals surface area contributed by atoms with Crippen LogP contribution in [0.3, 0.4) is 0 Å². The minimum atomic E-state index is -6.39. The second kappa shape index (κ2) is 21.8. The van der Waals surface area contributed by atoms with Gasteiger partial charge >= 0.3 is 55.0 Å². The standard InChI is InChI=1S/C20H18F5NO6S.C12H13F3O3.C8H6F3NO3S/c21-19(22,23)16(13-18(30-11-12-31-18)14-7-3-1-4-8-14)32-33(28,29)20(24,25)17(27)26-15-9-5-2-6-10-15;13-12(14,15)10(16)8-11(17-6-7-18-11)9-4-2-1-3-5-9;9-8(10,16(11,14)15)7(13)12-6-4-2-1-3-5-6/h1-10,16H,11-13H2,(H,26,27);1-5,10,16H,6-8H2;1-5H,(H,12,13). The maximum atomic E-state index is 14.4. The number of halogens is 11. The first-order valence-corrected chi connectivity index (χ1v) is 21.7. The molecule has 3 N–H and O–H groups in total. The van der Waals surface area contributed by atoms with Crippen molar-refractivity contribution in [2.45, 2.75) is 59.5 Å². The molecule has 2 saturated heterocycles. The summed E-state index contributed by atoms with van der Waals surface area (Å²) in [6.07, 6.45) is -17.9. The highest BCUT2D eigenvalue weighted by atomic mass is 32.3. The molecule has 368 valence electrons. The lowest BCUT2D eigenvalue weighted by Crippen LogP contribution is -2.48. The predicted octanol–water partition coefficient (Wildman–Crippen LogP) is 7.50. The lowest BCUT2D eigenvalue weighted by atomic mass is 9.99. The van der Waals surface area contributed by atoms with Crippen molar-refractivity contribution >= 4 is 43.5 Å². The average molecular weight is 1010 g/mol. The number of hydrogen-bond acceptors (Lipinski definition) is 12. The maximum Gasteiger partial charge on any atom is 0.451 e. The average Bonchev–Trinajstić information content (AvgIpc) is 3.95. The summed E-state index contributed by atoms with van der Waals surface area (Å²) < 4.78 is 214. The monoisotopic (exact) mass is 1010 g/mol. The number of para-hydroxylation sites is 2. The molecule has 2 aliphatic heterocycles. The van der Waals surface area contributed by atoms with Crippen LogP contribution in [0, 0.1) is 0 Å². The van der Waals surface area contributed by atoms with E-state index in [1.54, 1.807) is 53.1 Å². The molecular weight excluding hydrogens is 974 g/mol. The Balaban J connectivity index is 0.000000242. The highest BCUT2D eigenvalue weighted by Crippen LogP contribution is 2.43. The van der Waals surface area contributed by atoms with E-state index >= 15 is 0 Å². The Kier molecular flexibility index (Phi) is 17.6. The number of carbonyl (C=O) groups excluding carboxylic acids is 2. The number of hydrogen-bond donors (Lipinski definition) is 3. The van der Waals surface area contributed by atoms with Crippen LogP contribution < -0.4 is 10.6 Å². The molecule has 67 heavy (non-hydrogen) atoms. The van der Waals surface area contributed by atoms with Gasteiger partial charge in [0.05, 0.1) is 26.4 Å². The van der Waals surface area contributed by atoms with Gasteiger partial charge in [-0.25, -0.2) is 0 Å². The van der Waals surface area contributed by atoms with Crippen molar-refractivity contribution in [2.75, 3.05) is 37.1 Å². The highest BCUT2D eigenvalue weighted by Gasteiger charge is 2.60. The first kappa shape index (κ1) is 54.3. The molecule has 0 aromatic heterocycles. The van der Waals surface area contributed by atoms with Gasteiger partial charge in [0.15, 0.2) is 23.8 Å². The third-order valence-corrected chi connectivity index (χ3v) is 11.1. The van der Waals surface area contributed by atoms with Gasteiger partial charge in [-0.3, -0.25) is 13.8 Å². The van der Waals surface area contributed by atoms with Crippen LogP contribution in [0.5, 0.6) is 0 Å². The van der Waals surface area contributed by atoms with Crippen molar-refractivity contribution < 1.29 is 102 Å². The zero-order valence-corrected chi connectivity index (χ0v) is 35.5. The number of rotatable bonds is 14. The number of anilines is 2. The molecule has 2 fully saturated rings. The predicted molar refractivity (Wildman–Crippen MR) is 211 cm³/mol. The summed E-state index contributed by atoms with van der Waals surface area (Å²) in [5.41, 5.74) is 0.327. The summed E-state index contributed by atoms with van der Waals surface area (Å²) in [5.74, 6) is -8.20. The van der Waals surface area contributed by atoms with Crippen molar-refractivity contribution in [1.82, 2.24) is 0 Å². The van der Waals surface area contributed by atoms with Crippen LogP contribution in [-0.4, -0.2) is 95.3 Å². The summed E-state index contributed by atoms with van der Waals surface area (Å²) >= 11 is 0. The molecule has 0 bridgehead atoms. The first-order valence-electron chi connectivity index (χ1n) is 18.9. The van der Waals surface area contributed by atoms with Crippen LogP contribution in [-0.2, 0) is 64.6 Å². The van der Waals surface area contributed by atoms with E-state index in [0.717, 1.165) is 0 Å².